The maximum atomic E-state index is 13.3. The van der Waals surface area contributed by atoms with Crippen LogP contribution in [0, 0.1) is 11.7 Å². The van der Waals surface area contributed by atoms with Crippen LogP contribution in [0.15, 0.2) is 16.6 Å². The van der Waals surface area contributed by atoms with Crippen LogP contribution in [0.25, 0.3) is 0 Å². The van der Waals surface area contributed by atoms with Gasteiger partial charge in [-0.2, -0.15) is 0 Å². The van der Waals surface area contributed by atoms with E-state index >= 15 is 0 Å². The molecule has 0 aromatic heterocycles. The average Bonchev–Trinajstić information content (AvgIpc) is 2.24. The Hall–Kier alpha value is -0.810. The molecule has 0 bridgehead atoms. The normalized spacial score (nSPS) is 10.9. The lowest BCUT2D eigenvalue weighted by molar-refractivity contribution is 0.118. The molecule has 5 heteroatoms. The minimum absolute atomic E-state index is 0.329. The topological polar surface area (TPSA) is 47.3 Å². The van der Waals surface area contributed by atoms with Crippen molar-refractivity contribution in [1.82, 2.24) is 0 Å². The molecule has 1 rings (SSSR count). The van der Waals surface area contributed by atoms with Crippen LogP contribution in [0.3, 0.4) is 0 Å². The van der Waals surface area contributed by atoms with Crippen LogP contribution >= 0.6 is 15.9 Å². The molecule has 0 atom stereocenters. The summed E-state index contributed by atoms with van der Waals surface area (Å²) >= 11 is 3.08. The van der Waals surface area contributed by atoms with E-state index in [0.29, 0.717) is 34.9 Å². The van der Waals surface area contributed by atoms with Crippen molar-refractivity contribution in [3.05, 3.63) is 22.4 Å². The van der Waals surface area contributed by atoms with Crippen molar-refractivity contribution in [3.63, 3.8) is 0 Å². The third-order valence-electron chi connectivity index (χ3n) is 2.11. The van der Waals surface area contributed by atoms with Gasteiger partial charge >= 0.3 is 0 Å². The van der Waals surface area contributed by atoms with Gasteiger partial charge in [0.25, 0.3) is 0 Å². The predicted molar refractivity (Wildman–Crippen MR) is 72.7 cm³/mol. The van der Waals surface area contributed by atoms with Gasteiger partial charge in [-0.1, -0.05) is 13.8 Å². The van der Waals surface area contributed by atoms with Crippen molar-refractivity contribution in [2.24, 2.45) is 5.92 Å². The van der Waals surface area contributed by atoms with Crippen LogP contribution in [-0.4, -0.2) is 19.8 Å². The number of hydrogen-bond acceptors (Lipinski definition) is 3. The number of ether oxygens (including phenoxy) is 1. The molecule has 1 aromatic rings. The number of anilines is 2. The monoisotopic (exact) mass is 304 g/mol. The van der Waals surface area contributed by atoms with Crippen molar-refractivity contribution in [1.29, 1.82) is 0 Å². The maximum Gasteiger partial charge on any atom is 0.139 e. The molecule has 0 aliphatic rings. The van der Waals surface area contributed by atoms with Gasteiger partial charge in [0.15, 0.2) is 0 Å². The molecule has 0 aliphatic heterocycles. The van der Waals surface area contributed by atoms with Gasteiger partial charge in [-0.25, -0.2) is 4.39 Å². The molecule has 3 N–H and O–H groups in total. The Morgan fingerprint density at radius 3 is 2.82 bits per heavy atom. The van der Waals surface area contributed by atoms with Crippen molar-refractivity contribution in [3.8, 4) is 0 Å². The van der Waals surface area contributed by atoms with Gasteiger partial charge in [-0.15, -0.1) is 0 Å². The summed E-state index contributed by atoms with van der Waals surface area (Å²) in [5.74, 6) is 0.190. The number of halogens is 2. The van der Waals surface area contributed by atoms with E-state index in [0.717, 1.165) is 6.61 Å². The van der Waals surface area contributed by atoms with Crippen LogP contribution in [0.2, 0.25) is 0 Å². The second-order valence-electron chi connectivity index (χ2n) is 4.25. The Morgan fingerprint density at radius 1 is 1.47 bits per heavy atom. The van der Waals surface area contributed by atoms with Crippen LogP contribution in [0.4, 0.5) is 15.8 Å². The second-order valence-corrected chi connectivity index (χ2v) is 5.10. The molecule has 3 nitrogen and oxygen atoms in total. The lowest BCUT2D eigenvalue weighted by atomic mass is 10.2. The standard InChI is InChI=1S/C12H18BrFN2O/c1-8(2)7-17-4-3-16-12-6-10(14)9(13)5-11(12)15/h5-6,8,16H,3-4,7,15H2,1-2H3. The zero-order chi connectivity index (χ0) is 12.8. The highest BCUT2D eigenvalue weighted by molar-refractivity contribution is 9.10. The Balaban J connectivity index is 2.39. The fourth-order valence-corrected chi connectivity index (χ4v) is 1.65. The molecule has 96 valence electrons. The molecule has 0 saturated carbocycles. The SMILES string of the molecule is CC(C)COCCNc1cc(F)c(Br)cc1N. The van der Waals surface area contributed by atoms with E-state index in [9.17, 15) is 4.39 Å². The summed E-state index contributed by atoms with van der Waals surface area (Å²) in [5, 5.41) is 3.04. The number of nitrogens with one attached hydrogen (secondary N) is 1. The van der Waals surface area contributed by atoms with Crippen molar-refractivity contribution in [2.45, 2.75) is 13.8 Å². The van der Waals surface area contributed by atoms with Crippen LogP contribution in [0.5, 0.6) is 0 Å². The maximum absolute atomic E-state index is 13.3. The predicted octanol–water partition coefficient (Wildman–Crippen LogP) is 3.25. The van der Waals surface area contributed by atoms with Crippen molar-refractivity contribution in [2.75, 3.05) is 30.8 Å². The van der Waals surface area contributed by atoms with Gasteiger partial charge in [-0.05, 0) is 27.9 Å². The summed E-state index contributed by atoms with van der Waals surface area (Å²) in [6.45, 7) is 6.10. The summed E-state index contributed by atoms with van der Waals surface area (Å²) in [4.78, 5) is 0. The van der Waals surface area contributed by atoms with E-state index in [1.807, 2.05) is 0 Å². The zero-order valence-electron chi connectivity index (χ0n) is 10.1. The number of rotatable bonds is 6. The van der Waals surface area contributed by atoms with Gasteiger partial charge < -0.3 is 15.8 Å². The molecule has 0 saturated heterocycles. The van der Waals surface area contributed by atoms with E-state index in [2.05, 4.69) is 35.1 Å². The highest BCUT2D eigenvalue weighted by Gasteiger charge is 2.05. The molecular formula is C12H18BrFN2O. The quantitative estimate of drug-likeness (QED) is 0.626. The summed E-state index contributed by atoms with van der Waals surface area (Å²) in [6, 6.07) is 2.93. The zero-order valence-corrected chi connectivity index (χ0v) is 11.7. The first-order chi connectivity index (χ1) is 8.00. The van der Waals surface area contributed by atoms with E-state index < -0.39 is 0 Å². The lowest BCUT2D eigenvalue weighted by Crippen LogP contribution is -2.13. The summed E-state index contributed by atoms with van der Waals surface area (Å²) < 4.78 is 19.0. The lowest BCUT2D eigenvalue weighted by Gasteiger charge is -2.11. The summed E-state index contributed by atoms with van der Waals surface area (Å²) in [7, 11) is 0. The Labute approximate surface area is 110 Å². The van der Waals surface area contributed by atoms with E-state index in [1.165, 1.54) is 6.07 Å². The summed E-state index contributed by atoms with van der Waals surface area (Å²) in [5.41, 5.74) is 6.87. The molecule has 0 fully saturated rings. The van der Waals surface area contributed by atoms with Crippen molar-refractivity contribution >= 4 is 27.3 Å². The molecule has 0 radical (unpaired) electrons. The molecule has 0 aliphatic carbocycles. The second kappa shape index (κ2) is 6.81. The van der Waals surface area contributed by atoms with Crippen LogP contribution in [-0.2, 0) is 4.74 Å². The Kier molecular flexibility index (Phi) is 5.71. The minimum atomic E-state index is -0.329. The van der Waals surface area contributed by atoms with Crippen LogP contribution < -0.4 is 11.1 Å². The molecule has 0 spiro atoms. The third-order valence-corrected chi connectivity index (χ3v) is 2.71. The van der Waals surface area contributed by atoms with Crippen molar-refractivity contribution < 1.29 is 9.13 Å². The highest BCUT2D eigenvalue weighted by atomic mass is 79.9. The number of nitrogen functional groups attached to an aromatic ring is 1. The third kappa shape index (κ3) is 4.91. The Morgan fingerprint density at radius 2 is 2.18 bits per heavy atom. The van der Waals surface area contributed by atoms with Gasteiger partial charge in [0, 0.05) is 19.2 Å². The highest BCUT2D eigenvalue weighted by Crippen LogP contribution is 2.26. The fraction of sp³-hybridized carbons (Fsp3) is 0.500. The first-order valence-electron chi connectivity index (χ1n) is 5.57. The first kappa shape index (κ1) is 14.3. The van der Waals surface area contributed by atoms with E-state index in [-0.39, 0.29) is 5.82 Å². The number of hydrogen-bond donors (Lipinski definition) is 2. The van der Waals surface area contributed by atoms with E-state index in [4.69, 9.17) is 10.5 Å². The molecule has 0 amide bonds. The number of nitrogens with two attached hydrogens (primary N) is 1. The molecule has 17 heavy (non-hydrogen) atoms. The molecular weight excluding hydrogens is 287 g/mol. The Bertz CT molecular complexity index is 372. The number of benzene rings is 1. The molecule has 0 heterocycles. The smallest absolute Gasteiger partial charge is 0.139 e. The average molecular weight is 305 g/mol. The minimum Gasteiger partial charge on any atom is -0.397 e. The van der Waals surface area contributed by atoms with Gasteiger partial charge in [0.1, 0.15) is 5.82 Å². The van der Waals surface area contributed by atoms with Gasteiger partial charge in [0.05, 0.1) is 22.5 Å². The van der Waals surface area contributed by atoms with Gasteiger partial charge in [-0.3, -0.25) is 0 Å². The molecule has 1 aromatic carbocycles. The largest absolute Gasteiger partial charge is 0.397 e. The first-order valence-corrected chi connectivity index (χ1v) is 6.36. The summed E-state index contributed by atoms with van der Waals surface area (Å²) in [6.07, 6.45) is 0. The molecule has 0 unspecified atom stereocenters. The fourth-order valence-electron chi connectivity index (χ4n) is 1.29. The van der Waals surface area contributed by atoms with Crippen LogP contribution in [0.1, 0.15) is 13.8 Å². The van der Waals surface area contributed by atoms with E-state index in [1.54, 1.807) is 6.07 Å². The van der Waals surface area contributed by atoms with Gasteiger partial charge in [0.2, 0.25) is 0 Å².